The second-order valence-corrected chi connectivity index (χ2v) is 6.45. The van der Waals surface area contributed by atoms with E-state index in [-0.39, 0.29) is 43.0 Å². The third-order valence-corrected chi connectivity index (χ3v) is 4.07. The van der Waals surface area contributed by atoms with Gasteiger partial charge in [-0.3, -0.25) is 4.57 Å². The highest BCUT2D eigenvalue weighted by molar-refractivity contribution is 14.0. The molecule has 1 aromatic carbocycles. The van der Waals surface area contributed by atoms with Gasteiger partial charge in [0.05, 0.1) is 16.6 Å². The van der Waals surface area contributed by atoms with Crippen LogP contribution in [0.1, 0.15) is 19.3 Å². The van der Waals surface area contributed by atoms with Crippen molar-refractivity contribution in [3.8, 4) is 5.75 Å². The first-order valence-electron chi connectivity index (χ1n) is 8.01. The van der Waals surface area contributed by atoms with Crippen molar-refractivity contribution >= 4 is 64.7 Å². The molecule has 156 valence electrons. The van der Waals surface area contributed by atoms with Crippen LogP contribution in [-0.2, 0) is 6.54 Å². The van der Waals surface area contributed by atoms with E-state index >= 15 is 0 Å². The van der Waals surface area contributed by atoms with Crippen LogP contribution >= 0.6 is 58.8 Å². The van der Waals surface area contributed by atoms with Crippen LogP contribution in [0.5, 0.6) is 5.75 Å². The van der Waals surface area contributed by atoms with Crippen molar-refractivity contribution < 1.29 is 13.5 Å². The summed E-state index contributed by atoms with van der Waals surface area (Å²) in [5, 5.41) is 7.08. The Morgan fingerprint density at radius 1 is 1.25 bits per heavy atom. The van der Waals surface area contributed by atoms with Gasteiger partial charge >= 0.3 is 6.55 Å². The molecule has 2 rings (SSSR count). The normalized spacial score (nSPS) is 11.3. The molecule has 2 N–H and O–H groups in total. The number of halogens is 6. The molecule has 1 aromatic heterocycles. The number of nitrogens with one attached hydrogen (secondary N) is 2. The number of alkyl halides is 2. The van der Waals surface area contributed by atoms with Crippen LogP contribution in [0.3, 0.4) is 0 Å². The topological polar surface area (TPSA) is 63.5 Å². The zero-order chi connectivity index (χ0) is 19.8. The van der Waals surface area contributed by atoms with Gasteiger partial charge in [0.2, 0.25) is 0 Å². The maximum absolute atomic E-state index is 12.8. The van der Waals surface area contributed by atoms with Gasteiger partial charge in [-0.05, 0) is 19.1 Å². The summed E-state index contributed by atoms with van der Waals surface area (Å²) in [6, 6.07) is 3.07. The lowest BCUT2D eigenvalue weighted by Gasteiger charge is -2.13. The molecule has 0 fully saturated rings. The molecule has 0 saturated heterocycles. The molecule has 6 nitrogen and oxygen atoms in total. The van der Waals surface area contributed by atoms with E-state index < -0.39 is 6.55 Å². The summed E-state index contributed by atoms with van der Waals surface area (Å²) in [5.74, 6) is 0.946. The molecule has 0 atom stereocenters. The summed E-state index contributed by atoms with van der Waals surface area (Å²) in [6.45, 7) is 0.464. The number of hydrogen-bond acceptors (Lipinski definition) is 3. The molecule has 0 saturated carbocycles. The minimum atomic E-state index is -2.66. The minimum Gasteiger partial charge on any atom is -0.489 e. The van der Waals surface area contributed by atoms with E-state index in [1.807, 2.05) is 6.92 Å². The second kappa shape index (κ2) is 12.5. The quantitative estimate of drug-likeness (QED) is 0.204. The van der Waals surface area contributed by atoms with Crippen LogP contribution in [0.25, 0.3) is 0 Å². The van der Waals surface area contributed by atoms with E-state index in [1.165, 1.54) is 24.5 Å². The third-order valence-electron chi connectivity index (χ3n) is 3.29. The summed E-state index contributed by atoms with van der Waals surface area (Å²) in [4.78, 5) is 8.13. The maximum atomic E-state index is 12.8. The molecular formula is C16H19Cl3F2IN5O. The number of nitrogens with zero attached hydrogens (tertiary/aromatic N) is 3. The van der Waals surface area contributed by atoms with Crippen LogP contribution in [0.2, 0.25) is 15.1 Å². The molecule has 0 radical (unpaired) electrons. The standard InChI is InChI=1S/C16H18Cl3F2N5O.HI/c1-2-22-16(25-9-13-23-3-5-26(13)15(20)21)24-4-6-27-14-11(18)7-10(17)8-12(14)19;/h3,5,7-8,15H,2,4,6,9H2,1H3,(H2,22,24,25);1H. The van der Waals surface area contributed by atoms with Crippen molar-refractivity contribution in [1.82, 2.24) is 20.2 Å². The number of benzene rings is 1. The first kappa shape index (κ1) is 25.0. The first-order chi connectivity index (χ1) is 12.9. The van der Waals surface area contributed by atoms with Gasteiger partial charge in [0.15, 0.2) is 11.7 Å². The average Bonchev–Trinajstić information content (AvgIpc) is 3.06. The molecule has 0 spiro atoms. The lowest BCUT2D eigenvalue weighted by Crippen LogP contribution is -2.39. The predicted octanol–water partition coefficient (Wildman–Crippen LogP) is 4.99. The molecular weight excluding hydrogens is 549 g/mol. The summed E-state index contributed by atoms with van der Waals surface area (Å²) < 4.78 is 32.0. The molecule has 0 bridgehead atoms. The SMILES string of the molecule is CCNC(=NCc1nccn1C(F)F)NCCOc1c(Cl)cc(Cl)cc1Cl.I. The Hall–Kier alpha value is -1.04. The molecule has 0 unspecified atom stereocenters. The van der Waals surface area contributed by atoms with Crippen molar-refractivity contribution in [3.05, 3.63) is 45.4 Å². The van der Waals surface area contributed by atoms with Gasteiger partial charge in [-0.25, -0.2) is 9.98 Å². The van der Waals surface area contributed by atoms with Crippen molar-refractivity contribution in [2.45, 2.75) is 20.0 Å². The molecule has 0 aliphatic carbocycles. The number of aliphatic imine (C=N–C) groups is 1. The molecule has 28 heavy (non-hydrogen) atoms. The molecule has 0 amide bonds. The first-order valence-corrected chi connectivity index (χ1v) is 9.15. The van der Waals surface area contributed by atoms with Gasteiger partial charge in [0, 0.05) is 24.0 Å². The lowest BCUT2D eigenvalue weighted by molar-refractivity contribution is 0.0671. The number of imidazole rings is 1. The van der Waals surface area contributed by atoms with Crippen molar-refractivity contribution in [2.75, 3.05) is 19.7 Å². The third kappa shape index (κ3) is 7.41. The van der Waals surface area contributed by atoms with Crippen molar-refractivity contribution in [3.63, 3.8) is 0 Å². The van der Waals surface area contributed by atoms with Crippen LogP contribution in [0, 0.1) is 0 Å². The van der Waals surface area contributed by atoms with E-state index in [4.69, 9.17) is 39.5 Å². The molecule has 0 aliphatic rings. The second-order valence-electron chi connectivity index (χ2n) is 5.20. The fraction of sp³-hybridized carbons (Fsp3) is 0.375. The van der Waals surface area contributed by atoms with Gasteiger partial charge in [-0.2, -0.15) is 8.78 Å². The predicted molar refractivity (Wildman–Crippen MR) is 119 cm³/mol. The van der Waals surface area contributed by atoms with E-state index in [1.54, 1.807) is 0 Å². The fourth-order valence-electron chi connectivity index (χ4n) is 2.12. The molecule has 2 aromatic rings. The highest BCUT2D eigenvalue weighted by Gasteiger charge is 2.11. The van der Waals surface area contributed by atoms with Crippen molar-refractivity contribution in [1.29, 1.82) is 0 Å². The summed E-state index contributed by atoms with van der Waals surface area (Å²) in [7, 11) is 0. The van der Waals surface area contributed by atoms with Gasteiger partial charge in [-0.15, -0.1) is 24.0 Å². The van der Waals surface area contributed by atoms with E-state index in [0.29, 0.717) is 39.9 Å². The molecule has 12 heteroatoms. The number of guanidine groups is 1. The van der Waals surface area contributed by atoms with Gasteiger partial charge in [0.1, 0.15) is 19.0 Å². The average molecular weight is 569 g/mol. The van der Waals surface area contributed by atoms with Crippen LogP contribution in [-0.4, -0.2) is 35.2 Å². The number of hydrogen-bond donors (Lipinski definition) is 2. The Morgan fingerprint density at radius 3 is 2.54 bits per heavy atom. The van der Waals surface area contributed by atoms with Gasteiger partial charge in [0.25, 0.3) is 0 Å². The Balaban J connectivity index is 0.00000392. The highest BCUT2D eigenvalue weighted by Crippen LogP contribution is 2.35. The number of ether oxygens (including phenoxy) is 1. The highest BCUT2D eigenvalue weighted by atomic mass is 127. The molecule has 1 heterocycles. The van der Waals surface area contributed by atoms with E-state index in [0.717, 1.165) is 4.57 Å². The Labute approximate surface area is 193 Å². The van der Waals surface area contributed by atoms with Crippen LogP contribution < -0.4 is 15.4 Å². The maximum Gasteiger partial charge on any atom is 0.319 e. The van der Waals surface area contributed by atoms with Crippen molar-refractivity contribution in [2.24, 2.45) is 4.99 Å². The summed E-state index contributed by atoms with van der Waals surface area (Å²) in [5.41, 5.74) is 0. The number of aromatic nitrogens is 2. The van der Waals surface area contributed by atoms with Crippen LogP contribution in [0.4, 0.5) is 8.78 Å². The molecule has 0 aliphatic heterocycles. The Bertz CT molecular complexity index is 768. The van der Waals surface area contributed by atoms with Crippen LogP contribution in [0.15, 0.2) is 29.5 Å². The monoisotopic (exact) mass is 567 g/mol. The van der Waals surface area contributed by atoms with E-state index in [2.05, 4.69) is 20.6 Å². The Kier molecular flexibility index (Phi) is 11.2. The van der Waals surface area contributed by atoms with Gasteiger partial charge in [-0.1, -0.05) is 34.8 Å². The van der Waals surface area contributed by atoms with E-state index in [9.17, 15) is 8.78 Å². The largest absolute Gasteiger partial charge is 0.489 e. The smallest absolute Gasteiger partial charge is 0.319 e. The fourth-order valence-corrected chi connectivity index (χ4v) is 3.05. The minimum absolute atomic E-state index is 0. The summed E-state index contributed by atoms with van der Waals surface area (Å²) >= 11 is 18.0. The Morgan fingerprint density at radius 2 is 1.93 bits per heavy atom. The lowest BCUT2D eigenvalue weighted by atomic mass is 10.3. The van der Waals surface area contributed by atoms with Gasteiger partial charge < -0.3 is 15.4 Å². The number of rotatable bonds is 8. The zero-order valence-corrected chi connectivity index (χ0v) is 19.4. The summed E-state index contributed by atoms with van der Waals surface area (Å²) in [6.07, 6.45) is 2.52. The zero-order valence-electron chi connectivity index (χ0n) is 14.8.